The molecule has 3 aromatic carbocycles. The zero-order valence-electron chi connectivity index (χ0n) is 31.2. The Bertz CT molecular complexity index is 1690. The molecule has 0 aliphatic rings. The lowest BCUT2D eigenvalue weighted by atomic mass is 9.77. The van der Waals surface area contributed by atoms with E-state index in [1.165, 1.54) is 69.6 Å². The number of rotatable bonds is 10. The number of carbonyl (C=O) groups is 2. The van der Waals surface area contributed by atoms with Crippen LogP contribution in [0.3, 0.4) is 0 Å². The molecule has 254 valence electrons. The van der Waals surface area contributed by atoms with Crippen molar-refractivity contribution in [2.45, 2.75) is 96.9 Å². The van der Waals surface area contributed by atoms with Gasteiger partial charge in [0.25, 0.3) is 0 Å². The van der Waals surface area contributed by atoms with Crippen LogP contribution in [-0.2, 0) is 19.1 Å². The summed E-state index contributed by atoms with van der Waals surface area (Å²) in [5.41, 5.74) is 19.1. The van der Waals surface area contributed by atoms with Crippen molar-refractivity contribution in [3.05, 3.63) is 116 Å². The topological polar surface area (TPSA) is 71.1 Å². The van der Waals surface area contributed by atoms with E-state index in [0.717, 1.165) is 56.0 Å². The Hall–Kier alpha value is -4.84. The van der Waals surface area contributed by atoms with Gasteiger partial charge in [-0.15, -0.1) is 0 Å². The van der Waals surface area contributed by atoms with Crippen molar-refractivity contribution in [1.29, 1.82) is 0 Å². The van der Waals surface area contributed by atoms with E-state index in [1.54, 1.807) is 13.8 Å². The molecule has 0 radical (unpaired) electrons. The van der Waals surface area contributed by atoms with Crippen molar-refractivity contribution in [2.24, 2.45) is 0 Å². The summed E-state index contributed by atoms with van der Waals surface area (Å²) in [6, 6.07) is 0. The number of benzene rings is 3. The largest absolute Gasteiger partial charge is 0.461 e. The molecule has 0 saturated heterocycles. The molecule has 0 spiro atoms. The van der Waals surface area contributed by atoms with Gasteiger partial charge >= 0.3 is 11.9 Å². The smallest absolute Gasteiger partial charge is 0.338 e. The monoisotopic (exact) mass is 650 g/mol. The van der Waals surface area contributed by atoms with E-state index in [0.29, 0.717) is 11.1 Å². The van der Waals surface area contributed by atoms with Crippen molar-refractivity contribution >= 4 is 11.9 Å². The highest BCUT2D eigenvalue weighted by molar-refractivity contribution is 5.90. The van der Waals surface area contributed by atoms with Crippen molar-refractivity contribution in [3.8, 4) is 33.8 Å². The summed E-state index contributed by atoms with van der Waals surface area (Å²) in [4.78, 5) is 23.5. The highest BCUT2D eigenvalue weighted by Crippen LogP contribution is 2.47. The van der Waals surface area contributed by atoms with Gasteiger partial charge in [0.1, 0.15) is 36.5 Å². The third-order valence-electron chi connectivity index (χ3n) is 9.77. The first-order valence-corrected chi connectivity index (χ1v) is 16.0. The second kappa shape index (κ2) is 14.9. The predicted octanol–water partition coefficient (Wildman–Crippen LogP) is 10.7. The number of carbonyl (C=O) groups excluding carboxylic acids is 2. The summed E-state index contributed by atoms with van der Waals surface area (Å²) in [5, 5.41) is 0. The van der Waals surface area contributed by atoms with Crippen LogP contribution in [0.2, 0.25) is 0 Å². The minimum atomic E-state index is -0.498. The number of hydrogen-bond donors (Lipinski definition) is 0. The number of ether oxygens (including phenoxy) is 4. The third kappa shape index (κ3) is 7.03. The fraction of sp³-hybridized carbons (Fsp3) is 0.333. The van der Waals surface area contributed by atoms with Crippen molar-refractivity contribution < 1.29 is 28.5 Å². The van der Waals surface area contributed by atoms with Crippen LogP contribution in [-0.4, -0.2) is 11.9 Å². The first-order chi connectivity index (χ1) is 22.4. The van der Waals surface area contributed by atoms with Gasteiger partial charge in [0.05, 0.1) is 0 Å². The van der Waals surface area contributed by atoms with Crippen LogP contribution in [0.25, 0.3) is 22.3 Å². The highest BCUT2D eigenvalue weighted by Gasteiger charge is 2.26. The maximum absolute atomic E-state index is 11.7. The van der Waals surface area contributed by atoms with Gasteiger partial charge in [-0.05, 0) is 186 Å². The van der Waals surface area contributed by atoms with Crippen LogP contribution >= 0.6 is 0 Å². The van der Waals surface area contributed by atoms with Crippen LogP contribution in [0, 0.1) is 83.1 Å². The number of hydrogen-bond acceptors (Lipinski definition) is 6. The minimum Gasteiger partial charge on any atom is -0.461 e. The Kier molecular flexibility index (Phi) is 11.7. The molecule has 0 bridgehead atoms. The van der Waals surface area contributed by atoms with E-state index in [9.17, 15) is 9.59 Å². The molecule has 0 N–H and O–H groups in total. The van der Waals surface area contributed by atoms with Crippen LogP contribution in [0.1, 0.15) is 80.6 Å². The second-order valence-corrected chi connectivity index (χ2v) is 12.8. The van der Waals surface area contributed by atoms with E-state index >= 15 is 0 Å². The Morgan fingerprint density at radius 2 is 0.604 bits per heavy atom. The fourth-order valence-electron chi connectivity index (χ4n) is 6.29. The summed E-state index contributed by atoms with van der Waals surface area (Å²) in [5.74, 6) is 0.504. The summed E-state index contributed by atoms with van der Waals surface area (Å²) >= 11 is 0. The molecular weight excluding hydrogens is 600 g/mol. The van der Waals surface area contributed by atoms with Gasteiger partial charge in [-0.2, -0.15) is 0 Å². The Balaban J connectivity index is 2.16. The van der Waals surface area contributed by atoms with Crippen LogP contribution < -0.4 is 9.47 Å². The van der Waals surface area contributed by atoms with Crippen molar-refractivity contribution in [3.63, 3.8) is 0 Å². The lowest BCUT2D eigenvalue weighted by Gasteiger charge is -2.28. The lowest BCUT2D eigenvalue weighted by Crippen LogP contribution is -2.07. The molecule has 0 atom stereocenters. The molecule has 6 nitrogen and oxygen atoms in total. The molecule has 0 aliphatic heterocycles. The molecule has 0 amide bonds. The van der Waals surface area contributed by atoms with Crippen LogP contribution in [0.15, 0.2) is 49.4 Å². The standard InChI is InChI=1S/C42H50O6/c1-21(2)41(43)47-19-17-45-39-31(13)27(9)37(28(10)32(39)14)35-23(5)25(7)36(26(8)24(35)6)38-29(11)33(15)40(34(16)30(38)12)46-18-20-48-42(44)22(3)4/h17-20H,1,3H2,2,4-16H3/b19-17-,20-18-. The molecular formula is C42H50O6. The summed E-state index contributed by atoms with van der Waals surface area (Å²) in [7, 11) is 0. The summed E-state index contributed by atoms with van der Waals surface area (Å²) in [6.45, 7) is 36.1. The highest BCUT2D eigenvalue weighted by atomic mass is 16.5. The molecule has 0 aliphatic carbocycles. The van der Waals surface area contributed by atoms with Gasteiger partial charge in [-0.25, -0.2) is 9.59 Å². The summed E-state index contributed by atoms with van der Waals surface area (Å²) in [6.07, 6.45) is 5.29. The fourth-order valence-corrected chi connectivity index (χ4v) is 6.29. The van der Waals surface area contributed by atoms with Crippen LogP contribution in [0.5, 0.6) is 11.5 Å². The lowest BCUT2D eigenvalue weighted by molar-refractivity contribution is -0.134. The van der Waals surface area contributed by atoms with Crippen molar-refractivity contribution in [1.82, 2.24) is 0 Å². The molecule has 3 rings (SSSR count). The molecule has 0 unspecified atom stereocenters. The first kappa shape index (κ1) is 37.6. The zero-order chi connectivity index (χ0) is 36.4. The molecule has 0 aromatic heterocycles. The number of esters is 2. The van der Waals surface area contributed by atoms with E-state index in [-0.39, 0.29) is 0 Å². The van der Waals surface area contributed by atoms with Gasteiger partial charge in [0, 0.05) is 11.1 Å². The van der Waals surface area contributed by atoms with E-state index in [1.807, 2.05) is 0 Å². The van der Waals surface area contributed by atoms with Crippen LogP contribution in [0.4, 0.5) is 0 Å². The van der Waals surface area contributed by atoms with E-state index < -0.39 is 11.9 Å². The predicted molar refractivity (Wildman–Crippen MR) is 196 cm³/mol. The van der Waals surface area contributed by atoms with Gasteiger partial charge < -0.3 is 18.9 Å². The molecule has 6 heteroatoms. The van der Waals surface area contributed by atoms with Crippen molar-refractivity contribution in [2.75, 3.05) is 0 Å². The minimum absolute atomic E-state index is 0.320. The second-order valence-electron chi connectivity index (χ2n) is 12.8. The molecule has 0 fully saturated rings. The van der Waals surface area contributed by atoms with Gasteiger partial charge in [0.15, 0.2) is 0 Å². The molecule has 0 heterocycles. The SMILES string of the molecule is C=C(C)C(=O)O/C=C\Oc1c(C)c(C)c(-c2c(C)c(C)c(-c3c(C)c(C)c(O/C=C\OC(=O)C(=C)C)c(C)c3C)c(C)c2C)c(C)c1C. The van der Waals surface area contributed by atoms with E-state index in [4.69, 9.17) is 18.9 Å². The molecule has 48 heavy (non-hydrogen) atoms. The third-order valence-corrected chi connectivity index (χ3v) is 9.77. The van der Waals surface area contributed by atoms with Gasteiger partial charge in [-0.1, -0.05) is 13.2 Å². The van der Waals surface area contributed by atoms with Gasteiger partial charge in [0.2, 0.25) is 0 Å². The summed E-state index contributed by atoms with van der Waals surface area (Å²) < 4.78 is 22.2. The zero-order valence-corrected chi connectivity index (χ0v) is 31.2. The van der Waals surface area contributed by atoms with Gasteiger partial charge in [-0.3, -0.25) is 0 Å². The average molecular weight is 651 g/mol. The average Bonchev–Trinajstić information content (AvgIpc) is 3.03. The first-order valence-electron chi connectivity index (χ1n) is 16.0. The maximum Gasteiger partial charge on any atom is 0.338 e. The quantitative estimate of drug-likeness (QED) is 0.124. The Labute approximate surface area is 286 Å². The Morgan fingerprint density at radius 3 is 0.812 bits per heavy atom. The Morgan fingerprint density at radius 1 is 0.396 bits per heavy atom. The van der Waals surface area contributed by atoms with E-state index in [2.05, 4.69) is 96.2 Å². The normalized spacial score (nSPS) is 11.3. The maximum atomic E-state index is 11.7. The molecule has 0 saturated carbocycles. The molecule has 3 aromatic rings.